The normalized spacial score (nSPS) is 33.4. The third kappa shape index (κ3) is 2.92. The highest BCUT2D eigenvalue weighted by atomic mass is 16.6. The maximum atomic E-state index is 12.4. The minimum absolute atomic E-state index is 0.0116. The lowest BCUT2D eigenvalue weighted by atomic mass is 9.49. The largest absolute Gasteiger partial charge is 0.461 e. The van der Waals surface area contributed by atoms with E-state index in [1.807, 2.05) is 0 Å². The number of rotatable bonds is 5. The highest BCUT2D eigenvalue weighted by molar-refractivity contribution is 5.70. The third-order valence-corrected chi connectivity index (χ3v) is 6.26. The van der Waals surface area contributed by atoms with Gasteiger partial charge in [0.25, 0.3) is 5.69 Å². The van der Waals surface area contributed by atoms with Crippen LogP contribution in [0, 0.1) is 33.3 Å². The predicted molar refractivity (Wildman–Crippen MR) is 88.1 cm³/mol. The minimum Gasteiger partial charge on any atom is -0.461 e. The monoisotopic (exact) mass is 329 g/mol. The van der Waals surface area contributed by atoms with E-state index in [0.29, 0.717) is 12.0 Å². The Kier molecular flexibility index (Phi) is 3.82. The second-order valence-electron chi connectivity index (χ2n) is 8.14. The minimum atomic E-state index is -0.428. The van der Waals surface area contributed by atoms with Gasteiger partial charge in [-0.05, 0) is 67.8 Å². The molecule has 4 aliphatic rings. The SMILES string of the molecule is O=C(CC12CC3CC(CC(C3)C1)C2)OCc1ccccc1[N+](=O)[O-]. The van der Waals surface area contributed by atoms with E-state index in [9.17, 15) is 14.9 Å². The Bertz CT molecular complexity index is 634. The maximum Gasteiger partial charge on any atom is 0.306 e. The van der Waals surface area contributed by atoms with Gasteiger partial charge in [-0.15, -0.1) is 0 Å². The predicted octanol–water partition coefficient (Wildman–Crippen LogP) is 4.24. The molecule has 0 aliphatic heterocycles. The number of nitro benzene ring substituents is 1. The Morgan fingerprint density at radius 2 is 1.71 bits per heavy atom. The number of hydrogen-bond donors (Lipinski definition) is 0. The summed E-state index contributed by atoms with van der Waals surface area (Å²) >= 11 is 0. The summed E-state index contributed by atoms with van der Waals surface area (Å²) in [5, 5.41) is 11.0. The first kappa shape index (κ1) is 15.6. The lowest BCUT2D eigenvalue weighted by Gasteiger charge is -2.56. The van der Waals surface area contributed by atoms with Gasteiger partial charge >= 0.3 is 5.97 Å². The summed E-state index contributed by atoms with van der Waals surface area (Å²) in [5.41, 5.74) is 0.621. The second kappa shape index (κ2) is 5.87. The fourth-order valence-corrected chi connectivity index (χ4v) is 5.83. The van der Waals surface area contributed by atoms with Crippen molar-refractivity contribution in [1.29, 1.82) is 0 Å². The number of benzene rings is 1. The molecule has 0 atom stereocenters. The van der Waals surface area contributed by atoms with Crippen LogP contribution in [-0.2, 0) is 16.1 Å². The molecule has 5 heteroatoms. The van der Waals surface area contributed by atoms with Crippen molar-refractivity contribution >= 4 is 11.7 Å². The summed E-state index contributed by atoms with van der Waals surface area (Å²) in [5.74, 6) is 2.22. The molecule has 128 valence electrons. The zero-order chi connectivity index (χ0) is 16.7. The van der Waals surface area contributed by atoms with Crippen molar-refractivity contribution in [1.82, 2.24) is 0 Å². The van der Waals surface area contributed by atoms with Crippen molar-refractivity contribution in [3.63, 3.8) is 0 Å². The van der Waals surface area contributed by atoms with Crippen molar-refractivity contribution in [2.24, 2.45) is 23.2 Å². The number of nitrogens with zero attached hydrogens (tertiary/aromatic N) is 1. The van der Waals surface area contributed by atoms with E-state index in [0.717, 1.165) is 17.8 Å². The molecule has 1 aromatic carbocycles. The van der Waals surface area contributed by atoms with Crippen molar-refractivity contribution in [3.8, 4) is 0 Å². The molecule has 5 nitrogen and oxygen atoms in total. The summed E-state index contributed by atoms with van der Waals surface area (Å²) in [4.78, 5) is 23.0. The van der Waals surface area contributed by atoms with Crippen LogP contribution in [0.15, 0.2) is 24.3 Å². The van der Waals surface area contributed by atoms with Gasteiger partial charge in [-0.1, -0.05) is 12.1 Å². The molecular weight excluding hydrogens is 306 g/mol. The fraction of sp³-hybridized carbons (Fsp3) is 0.632. The van der Waals surface area contributed by atoms with Gasteiger partial charge in [0.05, 0.1) is 16.9 Å². The van der Waals surface area contributed by atoms with Gasteiger partial charge in [0.2, 0.25) is 0 Å². The van der Waals surface area contributed by atoms with Crippen LogP contribution in [0.4, 0.5) is 5.69 Å². The van der Waals surface area contributed by atoms with Gasteiger partial charge in [-0.25, -0.2) is 0 Å². The molecule has 0 heterocycles. The number of nitro groups is 1. The number of para-hydroxylation sites is 1. The summed E-state index contributed by atoms with van der Waals surface area (Å²) in [6, 6.07) is 6.45. The van der Waals surface area contributed by atoms with Crippen LogP contribution in [0.3, 0.4) is 0 Å². The summed E-state index contributed by atoms with van der Waals surface area (Å²) in [6.45, 7) is -0.0116. The molecule has 0 amide bonds. The van der Waals surface area contributed by atoms with Crippen LogP contribution >= 0.6 is 0 Å². The van der Waals surface area contributed by atoms with E-state index in [1.54, 1.807) is 18.2 Å². The smallest absolute Gasteiger partial charge is 0.306 e. The summed E-state index contributed by atoms with van der Waals surface area (Å²) in [6.07, 6.45) is 8.04. The molecule has 4 fully saturated rings. The topological polar surface area (TPSA) is 69.4 Å². The van der Waals surface area contributed by atoms with E-state index in [1.165, 1.54) is 44.6 Å². The summed E-state index contributed by atoms with van der Waals surface area (Å²) < 4.78 is 5.41. The zero-order valence-electron chi connectivity index (χ0n) is 13.8. The van der Waals surface area contributed by atoms with Gasteiger partial charge in [-0.3, -0.25) is 14.9 Å². The van der Waals surface area contributed by atoms with Crippen LogP contribution in [0.2, 0.25) is 0 Å². The number of carbonyl (C=O) groups excluding carboxylic acids is 1. The molecule has 1 aromatic rings. The van der Waals surface area contributed by atoms with Gasteiger partial charge in [-0.2, -0.15) is 0 Å². The van der Waals surface area contributed by atoms with Crippen LogP contribution in [0.25, 0.3) is 0 Å². The Morgan fingerprint density at radius 3 is 2.29 bits per heavy atom. The van der Waals surface area contributed by atoms with E-state index >= 15 is 0 Å². The maximum absolute atomic E-state index is 12.4. The third-order valence-electron chi connectivity index (χ3n) is 6.26. The molecule has 0 spiro atoms. The van der Waals surface area contributed by atoms with E-state index < -0.39 is 4.92 Å². The van der Waals surface area contributed by atoms with E-state index in [4.69, 9.17) is 4.74 Å². The molecule has 4 saturated carbocycles. The molecule has 24 heavy (non-hydrogen) atoms. The molecule has 5 rings (SSSR count). The number of esters is 1. The first-order valence-corrected chi connectivity index (χ1v) is 8.91. The molecule has 4 bridgehead atoms. The lowest BCUT2D eigenvalue weighted by Crippen LogP contribution is -2.47. The highest BCUT2D eigenvalue weighted by Gasteiger charge is 2.51. The highest BCUT2D eigenvalue weighted by Crippen LogP contribution is 2.61. The standard InChI is InChI=1S/C19H23NO4/c21-18(24-12-16-3-1-2-4-17(16)20(22)23)11-19-8-13-5-14(9-19)7-15(6-13)10-19/h1-4,13-15H,5-12H2. The van der Waals surface area contributed by atoms with Crippen molar-refractivity contribution in [3.05, 3.63) is 39.9 Å². The van der Waals surface area contributed by atoms with Gasteiger partial charge in [0.15, 0.2) is 0 Å². The quantitative estimate of drug-likeness (QED) is 0.460. The Hall–Kier alpha value is -1.91. The molecule has 0 aromatic heterocycles. The first-order valence-electron chi connectivity index (χ1n) is 8.91. The molecule has 0 N–H and O–H groups in total. The average Bonchev–Trinajstić information content (AvgIpc) is 2.51. The lowest BCUT2D eigenvalue weighted by molar-refractivity contribution is -0.385. The number of ether oxygens (including phenoxy) is 1. The molecule has 0 radical (unpaired) electrons. The van der Waals surface area contributed by atoms with Crippen LogP contribution in [0.5, 0.6) is 0 Å². The van der Waals surface area contributed by atoms with Crippen LogP contribution in [-0.4, -0.2) is 10.9 Å². The van der Waals surface area contributed by atoms with Gasteiger partial charge in [0, 0.05) is 6.07 Å². The summed E-state index contributed by atoms with van der Waals surface area (Å²) in [7, 11) is 0. The van der Waals surface area contributed by atoms with E-state index in [2.05, 4.69) is 0 Å². The van der Waals surface area contributed by atoms with Crippen LogP contribution < -0.4 is 0 Å². The number of hydrogen-bond acceptors (Lipinski definition) is 4. The van der Waals surface area contributed by atoms with Crippen LogP contribution in [0.1, 0.15) is 50.5 Å². The van der Waals surface area contributed by atoms with Crippen molar-refractivity contribution in [2.75, 3.05) is 0 Å². The van der Waals surface area contributed by atoms with Gasteiger partial charge in [0.1, 0.15) is 6.61 Å². The first-order chi connectivity index (χ1) is 11.5. The molecule has 0 saturated heterocycles. The fourth-order valence-electron chi connectivity index (χ4n) is 5.83. The molecule has 4 aliphatic carbocycles. The van der Waals surface area contributed by atoms with E-state index in [-0.39, 0.29) is 23.7 Å². The molecule has 0 unspecified atom stereocenters. The van der Waals surface area contributed by atoms with Gasteiger partial charge < -0.3 is 4.74 Å². The number of carbonyl (C=O) groups is 1. The van der Waals surface area contributed by atoms with Crippen molar-refractivity contribution < 1.29 is 14.5 Å². The average molecular weight is 329 g/mol. The Morgan fingerprint density at radius 1 is 1.12 bits per heavy atom. The Balaban J connectivity index is 1.39. The molecular formula is C19H23NO4. The Labute approximate surface area is 141 Å². The zero-order valence-corrected chi connectivity index (χ0v) is 13.8. The second-order valence-corrected chi connectivity index (χ2v) is 8.14. The van der Waals surface area contributed by atoms with Crippen molar-refractivity contribution in [2.45, 2.75) is 51.6 Å².